The second-order valence-corrected chi connectivity index (χ2v) is 7.63. The van der Waals surface area contributed by atoms with Crippen molar-refractivity contribution in [3.8, 4) is 10.6 Å². The van der Waals surface area contributed by atoms with Crippen LogP contribution in [0.5, 0.6) is 0 Å². The zero-order valence-corrected chi connectivity index (χ0v) is 15.0. The van der Waals surface area contributed by atoms with Crippen LogP contribution in [0.2, 0.25) is 0 Å². The summed E-state index contributed by atoms with van der Waals surface area (Å²) in [5, 5.41) is 13.3. The molecular formula is C18H24N2O2S. The van der Waals surface area contributed by atoms with E-state index in [9.17, 15) is 9.90 Å². The SMILES string of the molecule is CC[NH+](Cc1ccc(-c2nc(CC(=O)[O-])cs2)cc1)C(C)(C)C. The highest BCUT2D eigenvalue weighted by Crippen LogP contribution is 2.24. The minimum Gasteiger partial charge on any atom is -0.550 e. The number of carboxylic acids is 1. The first kappa shape index (κ1) is 17.6. The van der Waals surface area contributed by atoms with Crippen LogP contribution in [0.4, 0.5) is 0 Å². The molecule has 1 unspecified atom stereocenters. The van der Waals surface area contributed by atoms with Crippen LogP contribution in [-0.4, -0.2) is 23.0 Å². The number of carboxylic acid groups (broad SMARTS) is 1. The molecule has 23 heavy (non-hydrogen) atoms. The molecule has 2 aromatic rings. The number of thiazole rings is 1. The molecule has 0 saturated carbocycles. The van der Waals surface area contributed by atoms with Crippen LogP contribution in [0.15, 0.2) is 29.6 Å². The molecule has 2 rings (SSSR count). The molecule has 5 heteroatoms. The van der Waals surface area contributed by atoms with Gasteiger partial charge in [0, 0.05) is 28.9 Å². The van der Waals surface area contributed by atoms with Crippen LogP contribution in [0.25, 0.3) is 10.6 Å². The van der Waals surface area contributed by atoms with Crippen LogP contribution in [-0.2, 0) is 17.8 Å². The van der Waals surface area contributed by atoms with Gasteiger partial charge in [-0.2, -0.15) is 0 Å². The molecule has 0 bridgehead atoms. The number of rotatable bonds is 6. The number of quaternary nitrogens is 1. The molecule has 1 aromatic heterocycles. The highest BCUT2D eigenvalue weighted by atomic mass is 32.1. The fraction of sp³-hybridized carbons (Fsp3) is 0.444. The molecular weight excluding hydrogens is 308 g/mol. The molecule has 4 nitrogen and oxygen atoms in total. The summed E-state index contributed by atoms with van der Waals surface area (Å²) in [6.45, 7) is 11.1. The van der Waals surface area contributed by atoms with Crippen molar-refractivity contribution >= 4 is 17.3 Å². The summed E-state index contributed by atoms with van der Waals surface area (Å²) in [6, 6.07) is 8.40. The molecule has 1 atom stereocenters. The molecule has 0 aliphatic rings. The lowest BCUT2D eigenvalue weighted by Crippen LogP contribution is -3.17. The van der Waals surface area contributed by atoms with Gasteiger partial charge >= 0.3 is 0 Å². The van der Waals surface area contributed by atoms with Crippen LogP contribution in [0.1, 0.15) is 39.0 Å². The molecule has 0 fully saturated rings. The Morgan fingerprint density at radius 2 is 1.91 bits per heavy atom. The van der Waals surface area contributed by atoms with Gasteiger partial charge in [-0.25, -0.2) is 4.98 Å². The van der Waals surface area contributed by atoms with Gasteiger partial charge in [-0.05, 0) is 27.7 Å². The van der Waals surface area contributed by atoms with Crippen LogP contribution < -0.4 is 10.0 Å². The second-order valence-electron chi connectivity index (χ2n) is 6.77. The van der Waals surface area contributed by atoms with E-state index in [0.29, 0.717) is 5.69 Å². The average Bonchev–Trinajstić information content (AvgIpc) is 2.91. The molecule has 0 aliphatic heterocycles. The van der Waals surface area contributed by atoms with Crippen molar-refractivity contribution in [1.82, 2.24) is 4.98 Å². The van der Waals surface area contributed by atoms with Gasteiger partial charge in [0.2, 0.25) is 0 Å². The van der Waals surface area contributed by atoms with Crippen molar-refractivity contribution in [2.75, 3.05) is 6.54 Å². The number of aliphatic carboxylic acids is 1. The van der Waals surface area contributed by atoms with Gasteiger partial charge in [-0.1, -0.05) is 24.3 Å². The molecule has 0 saturated heterocycles. The number of hydrogen-bond donors (Lipinski definition) is 1. The third-order valence-electron chi connectivity index (χ3n) is 3.98. The maximum Gasteiger partial charge on any atom is 0.123 e. The summed E-state index contributed by atoms with van der Waals surface area (Å²) >= 11 is 1.47. The van der Waals surface area contributed by atoms with E-state index >= 15 is 0 Å². The maximum absolute atomic E-state index is 10.6. The summed E-state index contributed by atoms with van der Waals surface area (Å²) in [5.74, 6) is -1.10. The van der Waals surface area contributed by atoms with Crippen molar-refractivity contribution < 1.29 is 14.8 Å². The van der Waals surface area contributed by atoms with Crippen LogP contribution >= 0.6 is 11.3 Å². The monoisotopic (exact) mass is 332 g/mol. The molecule has 1 aromatic carbocycles. The highest BCUT2D eigenvalue weighted by Gasteiger charge is 2.23. The Balaban J connectivity index is 2.10. The smallest absolute Gasteiger partial charge is 0.123 e. The van der Waals surface area contributed by atoms with Crippen molar-refractivity contribution in [3.63, 3.8) is 0 Å². The number of hydrogen-bond acceptors (Lipinski definition) is 4. The number of nitrogens with one attached hydrogen (secondary N) is 1. The Labute approximate surface area is 141 Å². The van der Waals surface area contributed by atoms with E-state index in [2.05, 4.69) is 56.9 Å². The van der Waals surface area contributed by atoms with E-state index in [1.807, 2.05) is 0 Å². The van der Waals surface area contributed by atoms with Crippen molar-refractivity contribution in [3.05, 3.63) is 40.9 Å². The standard InChI is InChI=1S/C18H24N2O2S/c1-5-20(18(2,3)4)11-13-6-8-14(9-7-13)17-19-15(12-23-17)10-16(21)22/h6-9,12H,5,10-11H2,1-4H3,(H,21,22). The van der Waals surface area contributed by atoms with E-state index in [-0.39, 0.29) is 12.0 Å². The van der Waals surface area contributed by atoms with Crippen molar-refractivity contribution in [2.45, 2.75) is 46.2 Å². The molecule has 0 spiro atoms. The molecule has 1 heterocycles. The zero-order valence-electron chi connectivity index (χ0n) is 14.2. The fourth-order valence-corrected chi connectivity index (χ4v) is 3.43. The van der Waals surface area contributed by atoms with Gasteiger partial charge in [0.15, 0.2) is 0 Å². The average molecular weight is 332 g/mol. The molecule has 0 radical (unpaired) electrons. The normalized spacial score (nSPS) is 13.0. The molecule has 0 aliphatic carbocycles. The Hall–Kier alpha value is -1.72. The second kappa shape index (κ2) is 7.23. The molecule has 124 valence electrons. The van der Waals surface area contributed by atoms with Crippen molar-refractivity contribution in [2.24, 2.45) is 0 Å². The molecule has 0 amide bonds. The van der Waals surface area contributed by atoms with E-state index in [4.69, 9.17) is 0 Å². The molecule has 1 N–H and O–H groups in total. The minimum atomic E-state index is -1.10. The summed E-state index contributed by atoms with van der Waals surface area (Å²) in [6.07, 6.45) is -0.130. The van der Waals surface area contributed by atoms with Gasteiger partial charge < -0.3 is 14.8 Å². The largest absolute Gasteiger partial charge is 0.550 e. The van der Waals surface area contributed by atoms with E-state index in [1.54, 1.807) is 5.38 Å². The Morgan fingerprint density at radius 1 is 1.26 bits per heavy atom. The predicted molar refractivity (Wildman–Crippen MR) is 91.2 cm³/mol. The third-order valence-corrected chi connectivity index (χ3v) is 4.92. The quantitative estimate of drug-likeness (QED) is 0.868. The lowest BCUT2D eigenvalue weighted by molar-refractivity contribution is -0.958. The number of carbonyl (C=O) groups excluding carboxylic acids is 1. The number of carbonyl (C=O) groups is 1. The van der Waals surface area contributed by atoms with E-state index in [1.165, 1.54) is 21.8 Å². The number of aromatic nitrogens is 1. The van der Waals surface area contributed by atoms with Gasteiger partial charge in [-0.15, -0.1) is 11.3 Å². The maximum atomic E-state index is 10.6. The van der Waals surface area contributed by atoms with Crippen LogP contribution in [0.3, 0.4) is 0 Å². The summed E-state index contributed by atoms with van der Waals surface area (Å²) < 4.78 is 0. The summed E-state index contributed by atoms with van der Waals surface area (Å²) in [5.41, 5.74) is 3.11. The van der Waals surface area contributed by atoms with Gasteiger partial charge in [0.05, 0.1) is 17.8 Å². The first-order valence-electron chi connectivity index (χ1n) is 7.88. The van der Waals surface area contributed by atoms with Gasteiger partial charge in [-0.3, -0.25) is 0 Å². The fourth-order valence-electron chi connectivity index (χ4n) is 2.60. The van der Waals surface area contributed by atoms with E-state index in [0.717, 1.165) is 23.7 Å². The van der Waals surface area contributed by atoms with Crippen LogP contribution in [0, 0.1) is 0 Å². The Kier molecular flexibility index (Phi) is 5.55. The predicted octanol–water partition coefficient (Wildman–Crippen LogP) is 1.31. The summed E-state index contributed by atoms with van der Waals surface area (Å²) in [7, 11) is 0. The van der Waals surface area contributed by atoms with Gasteiger partial charge in [0.1, 0.15) is 11.6 Å². The number of benzene rings is 1. The number of nitrogens with zero attached hydrogens (tertiary/aromatic N) is 1. The topological polar surface area (TPSA) is 57.5 Å². The third kappa shape index (κ3) is 4.88. The highest BCUT2D eigenvalue weighted by molar-refractivity contribution is 7.13. The van der Waals surface area contributed by atoms with Crippen molar-refractivity contribution in [1.29, 1.82) is 0 Å². The Bertz CT molecular complexity index is 656. The minimum absolute atomic E-state index is 0.130. The first-order valence-corrected chi connectivity index (χ1v) is 8.76. The summed E-state index contributed by atoms with van der Waals surface area (Å²) in [4.78, 5) is 16.5. The lowest BCUT2D eigenvalue weighted by Gasteiger charge is -2.31. The van der Waals surface area contributed by atoms with Gasteiger partial charge in [0.25, 0.3) is 0 Å². The zero-order chi connectivity index (χ0) is 17.0. The first-order chi connectivity index (χ1) is 10.8. The van der Waals surface area contributed by atoms with E-state index < -0.39 is 5.97 Å². The Morgan fingerprint density at radius 3 is 2.43 bits per heavy atom. The lowest BCUT2D eigenvalue weighted by atomic mass is 10.0.